The molecule has 0 atom stereocenters. The smallest absolute Gasteiger partial charge is 0.124 e. The molecule has 0 saturated heterocycles. The second-order valence-corrected chi connectivity index (χ2v) is 5.11. The first-order valence-electron chi connectivity index (χ1n) is 5.26. The van der Waals surface area contributed by atoms with Crippen LogP contribution >= 0.6 is 27.5 Å². The molecule has 2 aromatic carbocycles. The number of hydrogen-bond donors (Lipinski definition) is 3. The van der Waals surface area contributed by atoms with Gasteiger partial charge in [-0.1, -0.05) is 27.5 Å². The van der Waals surface area contributed by atoms with E-state index in [0.717, 1.165) is 10.2 Å². The molecule has 5 heteroatoms. The zero-order chi connectivity index (χ0) is 13.1. The standard InChI is InChI=1S/C13H11BrClNO2/c14-9-2-4-11(15)12(5-9)16-7-8-1-3-10(17)6-13(8)18/h1-6,16-18H,7H2. The number of nitrogens with one attached hydrogen (secondary N) is 1. The number of anilines is 1. The summed E-state index contributed by atoms with van der Waals surface area (Å²) >= 11 is 9.41. The molecule has 3 nitrogen and oxygen atoms in total. The van der Waals surface area contributed by atoms with Crippen LogP contribution in [0.3, 0.4) is 0 Å². The number of benzene rings is 2. The Morgan fingerprint density at radius 1 is 1.11 bits per heavy atom. The Kier molecular flexibility index (Phi) is 3.99. The maximum Gasteiger partial charge on any atom is 0.124 e. The van der Waals surface area contributed by atoms with E-state index < -0.39 is 0 Å². The maximum atomic E-state index is 9.65. The Morgan fingerprint density at radius 2 is 1.89 bits per heavy atom. The van der Waals surface area contributed by atoms with Gasteiger partial charge < -0.3 is 15.5 Å². The number of phenols is 2. The molecule has 0 radical (unpaired) electrons. The number of hydrogen-bond acceptors (Lipinski definition) is 3. The van der Waals surface area contributed by atoms with Gasteiger partial charge in [0.2, 0.25) is 0 Å². The third kappa shape index (κ3) is 3.09. The lowest BCUT2D eigenvalue weighted by Gasteiger charge is -2.10. The van der Waals surface area contributed by atoms with Gasteiger partial charge in [0.25, 0.3) is 0 Å². The molecular formula is C13H11BrClNO2. The van der Waals surface area contributed by atoms with Crippen molar-refractivity contribution in [3.05, 3.63) is 51.5 Å². The molecule has 0 aliphatic heterocycles. The van der Waals surface area contributed by atoms with E-state index in [4.69, 9.17) is 11.6 Å². The lowest BCUT2D eigenvalue weighted by atomic mass is 10.2. The minimum atomic E-state index is 0.0386. The van der Waals surface area contributed by atoms with Crippen molar-refractivity contribution in [1.29, 1.82) is 0 Å². The Bertz CT molecular complexity index is 575. The normalized spacial score (nSPS) is 10.3. The number of aromatic hydroxyl groups is 2. The fourth-order valence-electron chi connectivity index (χ4n) is 1.53. The summed E-state index contributed by atoms with van der Waals surface area (Å²) in [4.78, 5) is 0. The lowest BCUT2D eigenvalue weighted by Crippen LogP contribution is -2.00. The highest BCUT2D eigenvalue weighted by molar-refractivity contribution is 9.10. The first kappa shape index (κ1) is 13.1. The quantitative estimate of drug-likeness (QED) is 0.794. The summed E-state index contributed by atoms with van der Waals surface area (Å²) in [5.74, 6) is 0.0883. The summed E-state index contributed by atoms with van der Waals surface area (Å²) in [6.07, 6.45) is 0. The highest BCUT2D eigenvalue weighted by Gasteiger charge is 2.04. The van der Waals surface area contributed by atoms with Crippen molar-refractivity contribution >= 4 is 33.2 Å². The second-order valence-electron chi connectivity index (χ2n) is 3.79. The topological polar surface area (TPSA) is 52.5 Å². The molecule has 0 amide bonds. The zero-order valence-corrected chi connectivity index (χ0v) is 11.7. The molecule has 0 aliphatic rings. The van der Waals surface area contributed by atoms with Crippen LogP contribution in [0.1, 0.15) is 5.56 Å². The van der Waals surface area contributed by atoms with Crippen molar-refractivity contribution in [3.8, 4) is 11.5 Å². The number of halogens is 2. The van der Waals surface area contributed by atoms with E-state index in [1.165, 1.54) is 12.1 Å². The minimum Gasteiger partial charge on any atom is -0.508 e. The molecule has 3 N–H and O–H groups in total. The molecule has 0 spiro atoms. The molecule has 0 aromatic heterocycles. The summed E-state index contributed by atoms with van der Waals surface area (Å²) in [7, 11) is 0. The highest BCUT2D eigenvalue weighted by Crippen LogP contribution is 2.28. The predicted octanol–water partition coefficient (Wildman–Crippen LogP) is 4.13. The molecule has 0 unspecified atom stereocenters. The van der Waals surface area contributed by atoms with Crippen molar-refractivity contribution in [2.45, 2.75) is 6.54 Å². The zero-order valence-electron chi connectivity index (χ0n) is 9.32. The summed E-state index contributed by atoms with van der Waals surface area (Å²) in [5.41, 5.74) is 1.46. The summed E-state index contributed by atoms with van der Waals surface area (Å²) in [6.45, 7) is 0.419. The molecule has 0 saturated carbocycles. The molecule has 2 rings (SSSR count). The predicted molar refractivity (Wildman–Crippen MR) is 76.3 cm³/mol. The van der Waals surface area contributed by atoms with Crippen molar-refractivity contribution in [2.24, 2.45) is 0 Å². The van der Waals surface area contributed by atoms with E-state index in [1.807, 2.05) is 12.1 Å². The van der Waals surface area contributed by atoms with Crippen LogP contribution in [-0.2, 0) is 6.54 Å². The Morgan fingerprint density at radius 3 is 2.61 bits per heavy atom. The maximum absolute atomic E-state index is 9.65. The average Bonchev–Trinajstić information content (AvgIpc) is 2.32. The van der Waals surface area contributed by atoms with Crippen molar-refractivity contribution in [1.82, 2.24) is 0 Å². The van der Waals surface area contributed by atoms with E-state index in [-0.39, 0.29) is 11.5 Å². The molecule has 18 heavy (non-hydrogen) atoms. The molecule has 2 aromatic rings. The molecular weight excluding hydrogens is 318 g/mol. The van der Waals surface area contributed by atoms with Gasteiger partial charge in [-0.3, -0.25) is 0 Å². The van der Waals surface area contributed by atoms with Crippen molar-refractivity contribution in [3.63, 3.8) is 0 Å². The van der Waals surface area contributed by atoms with Crippen LogP contribution in [0.15, 0.2) is 40.9 Å². The highest BCUT2D eigenvalue weighted by atomic mass is 79.9. The van der Waals surface area contributed by atoms with Crippen molar-refractivity contribution < 1.29 is 10.2 Å². The fourth-order valence-corrected chi connectivity index (χ4v) is 2.07. The second kappa shape index (κ2) is 5.50. The van der Waals surface area contributed by atoms with E-state index >= 15 is 0 Å². The molecule has 0 bridgehead atoms. The molecule has 94 valence electrons. The molecule has 0 heterocycles. The molecule has 0 fully saturated rings. The summed E-state index contributed by atoms with van der Waals surface area (Å²) < 4.78 is 0.921. The summed E-state index contributed by atoms with van der Waals surface area (Å²) in [6, 6.07) is 9.98. The third-order valence-corrected chi connectivity index (χ3v) is 3.29. The van der Waals surface area contributed by atoms with Gasteiger partial charge in [0.05, 0.1) is 10.7 Å². The van der Waals surface area contributed by atoms with Gasteiger partial charge >= 0.3 is 0 Å². The van der Waals surface area contributed by atoms with Crippen LogP contribution in [0.2, 0.25) is 5.02 Å². The van der Waals surface area contributed by atoms with Crippen LogP contribution in [0.5, 0.6) is 11.5 Å². The van der Waals surface area contributed by atoms with E-state index in [2.05, 4.69) is 21.2 Å². The van der Waals surface area contributed by atoms with Gasteiger partial charge in [0.15, 0.2) is 0 Å². The molecule has 0 aliphatic carbocycles. The Labute approximate surface area is 118 Å². The van der Waals surface area contributed by atoms with Gasteiger partial charge in [0, 0.05) is 22.6 Å². The largest absolute Gasteiger partial charge is 0.508 e. The summed E-state index contributed by atoms with van der Waals surface area (Å²) in [5, 5.41) is 22.6. The SMILES string of the molecule is Oc1ccc(CNc2cc(Br)ccc2Cl)c(O)c1. The monoisotopic (exact) mass is 327 g/mol. The van der Waals surface area contributed by atoms with E-state index in [9.17, 15) is 10.2 Å². The van der Waals surface area contributed by atoms with Crippen LogP contribution in [0, 0.1) is 0 Å². The van der Waals surface area contributed by atoms with Crippen LogP contribution in [-0.4, -0.2) is 10.2 Å². The van der Waals surface area contributed by atoms with Crippen LogP contribution in [0.4, 0.5) is 5.69 Å². The Balaban J connectivity index is 2.13. The van der Waals surface area contributed by atoms with Crippen LogP contribution in [0.25, 0.3) is 0 Å². The third-order valence-electron chi connectivity index (χ3n) is 2.47. The van der Waals surface area contributed by atoms with Crippen molar-refractivity contribution in [2.75, 3.05) is 5.32 Å². The minimum absolute atomic E-state index is 0.0386. The van der Waals surface area contributed by atoms with Gasteiger partial charge in [0.1, 0.15) is 11.5 Å². The van der Waals surface area contributed by atoms with E-state index in [1.54, 1.807) is 12.1 Å². The van der Waals surface area contributed by atoms with Gasteiger partial charge in [-0.15, -0.1) is 0 Å². The Hall–Kier alpha value is -1.39. The van der Waals surface area contributed by atoms with Gasteiger partial charge in [-0.05, 0) is 30.3 Å². The fraction of sp³-hybridized carbons (Fsp3) is 0.0769. The van der Waals surface area contributed by atoms with Gasteiger partial charge in [-0.25, -0.2) is 0 Å². The lowest BCUT2D eigenvalue weighted by molar-refractivity contribution is 0.446. The van der Waals surface area contributed by atoms with Gasteiger partial charge in [-0.2, -0.15) is 0 Å². The van der Waals surface area contributed by atoms with Crippen LogP contribution < -0.4 is 5.32 Å². The first-order valence-corrected chi connectivity index (χ1v) is 6.43. The average molecular weight is 329 g/mol. The first-order chi connectivity index (χ1) is 8.56. The van der Waals surface area contributed by atoms with E-state index in [0.29, 0.717) is 17.1 Å². The number of rotatable bonds is 3. The number of phenolic OH excluding ortho intramolecular Hbond substituents is 2.